The summed E-state index contributed by atoms with van der Waals surface area (Å²) in [5.74, 6) is 1.88. The number of hydrogen-bond acceptors (Lipinski definition) is 5. The van der Waals surface area contributed by atoms with Crippen molar-refractivity contribution in [1.82, 2.24) is 25.2 Å². The standard InChI is InChI=1S/C21H24ClN5O3/c1-2-6-16(20-26-25-18-7-3-4-8-27(18)20)24-21(28)23-13-14-11-15(22)19-17(12-14)29-9-5-10-30-19/h3-4,7-8,11-12,16H,2,5-6,9-10,13H2,1H3,(H2,23,24,28). The Bertz CT molecular complexity index is 1040. The number of carbonyl (C=O) groups is 1. The van der Waals surface area contributed by atoms with Gasteiger partial charge in [0.1, 0.15) is 0 Å². The fourth-order valence-electron chi connectivity index (χ4n) is 3.43. The summed E-state index contributed by atoms with van der Waals surface area (Å²) >= 11 is 6.33. The van der Waals surface area contributed by atoms with Crippen LogP contribution in [0.25, 0.3) is 5.65 Å². The van der Waals surface area contributed by atoms with Gasteiger partial charge in [-0.05, 0) is 36.2 Å². The predicted molar refractivity (Wildman–Crippen MR) is 113 cm³/mol. The van der Waals surface area contributed by atoms with E-state index in [-0.39, 0.29) is 12.1 Å². The van der Waals surface area contributed by atoms with E-state index < -0.39 is 0 Å². The third-order valence-corrected chi connectivity index (χ3v) is 5.13. The number of ether oxygens (including phenoxy) is 2. The lowest BCUT2D eigenvalue weighted by Gasteiger charge is -2.17. The first-order valence-corrected chi connectivity index (χ1v) is 10.5. The number of hydrogen-bond donors (Lipinski definition) is 2. The second-order valence-electron chi connectivity index (χ2n) is 7.11. The molecular formula is C21H24ClN5O3. The van der Waals surface area contributed by atoms with Crippen molar-refractivity contribution in [2.75, 3.05) is 13.2 Å². The molecule has 4 rings (SSSR count). The third kappa shape index (κ3) is 4.43. The van der Waals surface area contributed by atoms with Gasteiger partial charge in [-0.1, -0.05) is 31.0 Å². The van der Waals surface area contributed by atoms with Gasteiger partial charge in [0.05, 0.1) is 24.3 Å². The number of amides is 2. The zero-order chi connectivity index (χ0) is 20.9. The summed E-state index contributed by atoms with van der Waals surface area (Å²) < 4.78 is 13.2. The zero-order valence-corrected chi connectivity index (χ0v) is 17.5. The molecule has 1 aromatic carbocycles. The molecule has 0 bridgehead atoms. The van der Waals surface area contributed by atoms with E-state index in [0.29, 0.717) is 42.1 Å². The van der Waals surface area contributed by atoms with Crippen LogP contribution in [0.15, 0.2) is 36.5 Å². The molecule has 2 aromatic heterocycles. The number of carbonyl (C=O) groups excluding carboxylic acids is 1. The van der Waals surface area contributed by atoms with Crippen molar-refractivity contribution in [1.29, 1.82) is 0 Å². The number of aromatic nitrogens is 3. The molecule has 158 valence electrons. The second-order valence-corrected chi connectivity index (χ2v) is 7.52. The SMILES string of the molecule is CCCC(NC(=O)NCc1cc(Cl)c2c(c1)OCCCO2)c1nnc2ccccn12. The molecule has 3 aromatic rings. The first-order chi connectivity index (χ1) is 14.7. The number of fused-ring (bicyclic) bond motifs is 2. The fraction of sp³-hybridized carbons (Fsp3) is 0.381. The van der Waals surface area contributed by atoms with Gasteiger partial charge in [0.2, 0.25) is 0 Å². The number of rotatable bonds is 6. The molecule has 0 spiro atoms. The first kappa shape index (κ1) is 20.3. The molecule has 0 fully saturated rings. The zero-order valence-electron chi connectivity index (χ0n) is 16.7. The highest BCUT2D eigenvalue weighted by atomic mass is 35.5. The average Bonchev–Trinajstić information content (AvgIpc) is 3.02. The largest absolute Gasteiger partial charge is 0.489 e. The Balaban J connectivity index is 1.43. The molecule has 0 aliphatic carbocycles. The van der Waals surface area contributed by atoms with Crippen molar-refractivity contribution < 1.29 is 14.3 Å². The van der Waals surface area contributed by atoms with Gasteiger partial charge in [-0.3, -0.25) is 4.40 Å². The van der Waals surface area contributed by atoms with Crippen LogP contribution in [0.1, 0.15) is 43.6 Å². The smallest absolute Gasteiger partial charge is 0.315 e. The van der Waals surface area contributed by atoms with Crippen molar-refractivity contribution in [3.8, 4) is 11.5 Å². The van der Waals surface area contributed by atoms with E-state index in [1.165, 1.54) is 0 Å². The average molecular weight is 430 g/mol. The van der Waals surface area contributed by atoms with Crippen LogP contribution in [0.5, 0.6) is 11.5 Å². The van der Waals surface area contributed by atoms with Crippen LogP contribution in [0, 0.1) is 0 Å². The van der Waals surface area contributed by atoms with Gasteiger partial charge in [-0.15, -0.1) is 10.2 Å². The van der Waals surface area contributed by atoms with Gasteiger partial charge in [-0.25, -0.2) is 4.79 Å². The number of benzene rings is 1. The number of pyridine rings is 1. The summed E-state index contributed by atoms with van der Waals surface area (Å²) in [5.41, 5.74) is 1.58. The van der Waals surface area contributed by atoms with Crippen molar-refractivity contribution >= 4 is 23.3 Å². The molecule has 1 unspecified atom stereocenters. The van der Waals surface area contributed by atoms with Crippen molar-refractivity contribution in [2.24, 2.45) is 0 Å². The van der Waals surface area contributed by atoms with Crippen LogP contribution in [-0.4, -0.2) is 33.8 Å². The Morgan fingerprint density at radius 2 is 2.13 bits per heavy atom. The topological polar surface area (TPSA) is 89.8 Å². The summed E-state index contributed by atoms with van der Waals surface area (Å²) in [6.45, 7) is 3.52. The molecule has 8 nitrogen and oxygen atoms in total. The molecule has 1 aliphatic heterocycles. The Morgan fingerprint density at radius 1 is 1.27 bits per heavy atom. The highest BCUT2D eigenvalue weighted by Gasteiger charge is 2.20. The lowest BCUT2D eigenvalue weighted by molar-refractivity contribution is 0.235. The summed E-state index contributed by atoms with van der Waals surface area (Å²) in [6, 6.07) is 8.80. The van der Waals surface area contributed by atoms with Crippen LogP contribution in [0.2, 0.25) is 5.02 Å². The normalized spacial score (nSPS) is 14.2. The molecule has 0 saturated carbocycles. The Kier molecular flexibility index (Phi) is 6.23. The van der Waals surface area contributed by atoms with Crippen LogP contribution in [-0.2, 0) is 6.54 Å². The number of halogens is 1. The molecule has 3 heterocycles. The number of nitrogens with one attached hydrogen (secondary N) is 2. The summed E-state index contributed by atoms with van der Waals surface area (Å²) in [6.07, 6.45) is 4.34. The second kappa shape index (κ2) is 9.21. The van der Waals surface area contributed by atoms with Crippen molar-refractivity contribution in [3.05, 3.63) is 52.9 Å². The lowest BCUT2D eigenvalue weighted by atomic mass is 10.1. The Hall–Kier alpha value is -3.00. The van der Waals surface area contributed by atoms with Gasteiger partial charge in [0, 0.05) is 19.2 Å². The summed E-state index contributed by atoms with van der Waals surface area (Å²) in [4.78, 5) is 12.6. The summed E-state index contributed by atoms with van der Waals surface area (Å²) in [7, 11) is 0. The highest BCUT2D eigenvalue weighted by molar-refractivity contribution is 6.32. The van der Waals surface area contributed by atoms with Crippen LogP contribution < -0.4 is 20.1 Å². The maximum atomic E-state index is 12.6. The van der Waals surface area contributed by atoms with E-state index in [1.807, 2.05) is 34.9 Å². The Morgan fingerprint density at radius 3 is 3.00 bits per heavy atom. The van der Waals surface area contributed by atoms with E-state index in [9.17, 15) is 4.79 Å². The minimum Gasteiger partial charge on any atom is -0.489 e. The maximum Gasteiger partial charge on any atom is 0.315 e. The molecule has 1 atom stereocenters. The van der Waals surface area contributed by atoms with Crippen molar-refractivity contribution in [2.45, 2.75) is 38.8 Å². The summed E-state index contributed by atoms with van der Waals surface area (Å²) in [5, 5.41) is 14.8. The molecule has 2 N–H and O–H groups in total. The van der Waals surface area contributed by atoms with E-state index in [0.717, 1.165) is 30.5 Å². The minimum absolute atomic E-state index is 0.250. The van der Waals surface area contributed by atoms with Crippen LogP contribution >= 0.6 is 11.6 Å². The van der Waals surface area contributed by atoms with E-state index in [4.69, 9.17) is 21.1 Å². The van der Waals surface area contributed by atoms with E-state index in [1.54, 1.807) is 6.07 Å². The highest BCUT2D eigenvalue weighted by Crippen LogP contribution is 2.37. The number of urea groups is 1. The van der Waals surface area contributed by atoms with Crippen LogP contribution in [0.4, 0.5) is 4.79 Å². The van der Waals surface area contributed by atoms with Gasteiger partial charge in [-0.2, -0.15) is 0 Å². The van der Waals surface area contributed by atoms with E-state index in [2.05, 4.69) is 27.8 Å². The fourth-order valence-corrected chi connectivity index (χ4v) is 3.72. The molecule has 1 aliphatic rings. The molecule has 2 amide bonds. The predicted octanol–water partition coefficient (Wildman–Crippen LogP) is 3.88. The first-order valence-electron chi connectivity index (χ1n) is 10.1. The van der Waals surface area contributed by atoms with Gasteiger partial charge in [0.25, 0.3) is 0 Å². The third-order valence-electron chi connectivity index (χ3n) is 4.85. The maximum absolute atomic E-state index is 12.6. The molecule has 0 saturated heterocycles. The van der Waals surface area contributed by atoms with Gasteiger partial charge in [0.15, 0.2) is 23.0 Å². The van der Waals surface area contributed by atoms with Crippen LogP contribution in [0.3, 0.4) is 0 Å². The molecule has 0 radical (unpaired) electrons. The quantitative estimate of drug-likeness (QED) is 0.620. The minimum atomic E-state index is -0.288. The molecular weight excluding hydrogens is 406 g/mol. The van der Waals surface area contributed by atoms with Gasteiger partial charge < -0.3 is 20.1 Å². The monoisotopic (exact) mass is 429 g/mol. The van der Waals surface area contributed by atoms with Crippen molar-refractivity contribution in [3.63, 3.8) is 0 Å². The van der Waals surface area contributed by atoms with E-state index >= 15 is 0 Å². The molecule has 9 heteroatoms. The number of nitrogens with zero attached hydrogens (tertiary/aromatic N) is 3. The lowest BCUT2D eigenvalue weighted by Crippen LogP contribution is -2.38. The Labute approximate surface area is 179 Å². The van der Waals surface area contributed by atoms with Gasteiger partial charge >= 0.3 is 6.03 Å². The molecule has 30 heavy (non-hydrogen) atoms.